The van der Waals surface area contributed by atoms with Gasteiger partial charge in [-0.1, -0.05) is 12.5 Å². The fourth-order valence-electron chi connectivity index (χ4n) is 2.26. The maximum absolute atomic E-state index is 12.6. The van der Waals surface area contributed by atoms with Crippen LogP contribution >= 0.6 is 0 Å². The minimum absolute atomic E-state index is 0.132. The fraction of sp³-hybridized carbons (Fsp3) is 0.385. The smallest absolute Gasteiger partial charge is 0.243 e. The zero-order valence-electron chi connectivity index (χ0n) is 12.1. The predicted octanol–water partition coefficient (Wildman–Crippen LogP) is 0.0808. The standard InChI is InChI=1S/C13H20N6O2S/c14-12(15)18-13(16)17-10-5-4-6-11(9-10)22(20,21)19-7-2-1-3-8-19/h4-6,9H,1-3,7-8H2,(H6,14,15,16,17,18). The van der Waals surface area contributed by atoms with Crippen molar-refractivity contribution in [2.24, 2.45) is 27.2 Å². The third kappa shape index (κ3) is 3.95. The van der Waals surface area contributed by atoms with Crippen molar-refractivity contribution < 1.29 is 8.42 Å². The van der Waals surface area contributed by atoms with Crippen LogP contribution in [0.5, 0.6) is 0 Å². The van der Waals surface area contributed by atoms with Gasteiger partial charge in [-0.3, -0.25) is 0 Å². The van der Waals surface area contributed by atoms with Gasteiger partial charge < -0.3 is 17.2 Å². The first-order chi connectivity index (χ1) is 10.4. The van der Waals surface area contributed by atoms with Crippen LogP contribution in [0.4, 0.5) is 5.69 Å². The molecule has 2 rings (SSSR count). The lowest BCUT2D eigenvalue weighted by Gasteiger charge is -2.25. The molecule has 0 amide bonds. The van der Waals surface area contributed by atoms with Crippen molar-refractivity contribution in [1.82, 2.24) is 4.31 Å². The summed E-state index contributed by atoms with van der Waals surface area (Å²) in [5.41, 5.74) is 16.3. The molecule has 0 spiro atoms. The van der Waals surface area contributed by atoms with E-state index in [1.54, 1.807) is 18.2 Å². The van der Waals surface area contributed by atoms with Crippen LogP contribution in [0.2, 0.25) is 0 Å². The quantitative estimate of drug-likeness (QED) is 0.533. The SMILES string of the molecule is NC(N)=NC(N)=Nc1cccc(S(=O)(=O)N2CCCCC2)c1. The zero-order valence-corrected chi connectivity index (χ0v) is 13.0. The highest BCUT2D eigenvalue weighted by Gasteiger charge is 2.25. The molecule has 0 saturated carbocycles. The Balaban J connectivity index is 2.30. The molecule has 9 heteroatoms. The average molecular weight is 324 g/mol. The molecule has 0 bridgehead atoms. The molecule has 1 saturated heterocycles. The molecule has 0 unspecified atom stereocenters. The molecular weight excluding hydrogens is 304 g/mol. The summed E-state index contributed by atoms with van der Waals surface area (Å²) in [4.78, 5) is 7.77. The van der Waals surface area contributed by atoms with Crippen LogP contribution in [0.25, 0.3) is 0 Å². The summed E-state index contributed by atoms with van der Waals surface area (Å²) in [5, 5.41) is 0. The van der Waals surface area contributed by atoms with E-state index in [0.717, 1.165) is 19.3 Å². The van der Waals surface area contributed by atoms with Crippen molar-refractivity contribution in [3.63, 3.8) is 0 Å². The summed E-state index contributed by atoms with van der Waals surface area (Å²) < 4.78 is 26.7. The van der Waals surface area contributed by atoms with E-state index >= 15 is 0 Å². The number of aliphatic imine (C=N–C) groups is 2. The van der Waals surface area contributed by atoms with Gasteiger partial charge in [0.05, 0.1) is 10.6 Å². The number of nitrogens with zero attached hydrogens (tertiary/aromatic N) is 3. The normalized spacial score (nSPS) is 17.2. The summed E-state index contributed by atoms with van der Waals surface area (Å²) in [6.45, 7) is 1.10. The van der Waals surface area contributed by atoms with Gasteiger partial charge >= 0.3 is 0 Å². The summed E-state index contributed by atoms with van der Waals surface area (Å²) >= 11 is 0. The van der Waals surface area contributed by atoms with Crippen molar-refractivity contribution in [2.45, 2.75) is 24.2 Å². The van der Waals surface area contributed by atoms with Gasteiger partial charge in [0.1, 0.15) is 0 Å². The van der Waals surface area contributed by atoms with E-state index in [2.05, 4.69) is 9.98 Å². The lowest BCUT2D eigenvalue weighted by Crippen LogP contribution is -2.35. The molecule has 120 valence electrons. The molecule has 1 aromatic carbocycles. The number of hydrogen-bond donors (Lipinski definition) is 3. The lowest BCUT2D eigenvalue weighted by molar-refractivity contribution is 0.346. The molecule has 8 nitrogen and oxygen atoms in total. The second-order valence-electron chi connectivity index (χ2n) is 4.97. The number of piperidine rings is 1. The Hall–Kier alpha value is -2.13. The van der Waals surface area contributed by atoms with Gasteiger partial charge in [-0.2, -0.15) is 9.30 Å². The highest BCUT2D eigenvalue weighted by atomic mass is 32.2. The summed E-state index contributed by atoms with van der Waals surface area (Å²) in [7, 11) is -3.51. The first kappa shape index (κ1) is 16.2. The monoisotopic (exact) mass is 324 g/mol. The van der Waals surface area contributed by atoms with Gasteiger partial charge in [0.25, 0.3) is 0 Å². The Morgan fingerprint density at radius 1 is 1.09 bits per heavy atom. The van der Waals surface area contributed by atoms with E-state index in [4.69, 9.17) is 17.2 Å². The van der Waals surface area contributed by atoms with Gasteiger partial charge in [0.2, 0.25) is 16.0 Å². The van der Waals surface area contributed by atoms with Crippen LogP contribution in [-0.4, -0.2) is 37.7 Å². The largest absolute Gasteiger partial charge is 0.370 e. The van der Waals surface area contributed by atoms with E-state index in [9.17, 15) is 8.42 Å². The molecule has 1 aliphatic rings. The molecule has 0 aromatic heterocycles. The van der Waals surface area contributed by atoms with Crippen molar-refractivity contribution in [3.05, 3.63) is 24.3 Å². The van der Waals surface area contributed by atoms with Crippen LogP contribution in [0.1, 0.15) is 19.3 Å². The minimum Gasteiger partial charge on any atom is -0.370 e. The number of rotatable bonds is 3. The Morgan fingerprint density at radius 3 is 2.41 bits per heavy atom. The first-order valence-corrected chi connectivity index (χ1v) is 8.37. The van der Waals surface area contributed by atoms with Crippen molar-refractivity contribution in [2.75, 3.05) is 13.1 Å². The molecule has 1 fully saturated rings. The van der Waals surface area contributed by atoms with Crippen LogP contribution in [0.3, 0.4) is 0 Å². The number of sulfonamides is 1. The Kier molecular flexibility index (Phi) is 4.99. The van der Waals surface area contributed by atoms with E-state index in [-0.39, 0.29) is 16.8 Å². The first-order valence-electron chi connectivity index (χ1n) is 6.93. The Morgan fingerprint density at radius 2 is 1.77 bits per heavy atom. The highest BCUT2D eigenvalue weighted by Crippen LogP contribution is 2.23. The molecule has 0 radical (unpaired) electrons. The minimum atomic E-state index is -3.51. The fourth-order valence-corrected chi connectivity index (χ4v) is 3.81. The van der Waals surface area contributed by atoms with Gasteiger partial charge in [0, 0.05) is 13.1 Å². The third-order valence-electron chi connectivity index (χ3n) is 3.26. The second-order valence-corrected chi connectivity index (χ2v) is 6.91. The molecular formula is C13H20N6O2S. The molecule has 1 aliphatic heterocycles. The molecule has 0 atom stereocenters. The number of benzene rings is 1. The zero-order chi connectivity index (χ0) is 16.2. The van der Waals surface area contributed by atoms with Crippen LogP contribution in [0.15, 0.2) is 39.1 Å². The molecule has 6 N–H and O–H groups in total. The van der Waals surface area contributed by atoms with Crippen molar-refractivity contribution in [1.29, 1.82) is 0 Å². The van der Waals surface area contributed by atoms with E-state index in [1.807, 2.05) is 0 Å². The van der Waals surface area contributed by atoms with Gasteiger partial charge in [-0.15, -0.1) is 0 Å². The second kappa shape index (κ2) is 6.75. The van der Waals surface area contributed by atoms with Gasteiger partial charge in [-0.25, -0.2) is 13.4 Å². The lowest BCUT2D eigenvalue weighted by atomic mass is 10.2. The highest BCUT2D eigenvalue weighted by molar-refractivity contribution is 7.89. The van der Waals surface area contributed by atoms with Crippen molar-refractivity contribution >= 4 is 27.6 Å². The van der Waals surface area contributed by atoms with Crippen LogP contribution in [0, 0.1) is 0 Å². The third-order valence-corrected chi connectivity index (χ3v) is 5.15. The molecule has 1 heterocycles. The van der Waals surface area contributed by atoms with Crippen LogP contribution < -0.4 is 17.2 Å². The predicted molar refractivity (Wildman–Crippen MR) is 86.1 cm³/mol. The number of guanidine groups is 2. The van der Waals surface area contributed by atoms with E-state index < -0.39 is 10.0 Å². The van der Waals surface area contributed by atoms with Crippen molar-refractivity contribution in [3.8, 4) is 0 Å². The molecule has 1 aromatic rings. The van der Waals surface area contributed by atoms with Gasteiger partial charge in [0.15, 0.2) is 5.96 Å². The molecule has 0 aliphatic carbocycles. The topological polar surface area (TPSA) is 140 Å². The van der Waals surface area contributed by atoms with Crippen LogP contribution in [-0.2, 0) is 10.0 Å². The maximum atomic E-state index is 12.6. The number of hydrogen-bond acceptors (Lipinski definition) is 3. The average Bonchev–Trinajstić information content (AvgIpc) is 2.47. The summed E-state index contributed by atoms with van der Waals surface area (Å²) in [6, 6.07) is 6.24. The molecule has 22 heavy (non-hydrogen) atoms. The number of nitrogens with two attached hydrogens (primary N) is 3. The summed E-state index contributed by atoms with van der Waals surface area (Å²) in [5.74, 6) is -0.342. The van der Waals surface area contributed by atoms with E-state index in [0.29, 0.717) is 18.8 Å². The van der Waals surface area contributed by atoms with E-state index in [1.165, 1.54) is 10.4 Å². The Labute approximate surface area is 129 Å². The summed E-state index contributed by atoms with van der Waals surface area (Å²) in [6.07, 6.45) is 2.83. The maximum Gasteiger partial charge on any atom is 0.243 e. The van der Waals surface area contributed by atoms with Gasteiger partial charge in [-0.05, 0) is 31.0 Å². The Bertz CT molecular complexity index is 688.